The SMILES string of the molecule is CC.CCN1Cc2ccc3ooc3c2C1. The van der Waals surface area contributed by atoms with Crippen LogP contribution in [0.1, 0.15) is 31.9 Å². The lowest BCUT2D eigenvalue weighted by atomic mass is 10.1. The number of nitrogens with zero attached hydrogens (tertiary/aromatic N) is 1. The van der Waals surface area contributed by atoms with E-state index < -0.39 is 0 Å². The molecule has 82 valence electrons. The molecule has 1 aromatic heterocycles. The van der Waals surface area contributed by atoms with Gasteiger partial charge in [0, 0.05) is 18.7 Å². The summed E-state index contributed by atoms with van der Waals surface area (Å²) < 4.78 is 9.84. The molecule has 0 N–H and O–H groups in total. The van der Waals surface area contributed by atoms with Crippen molar-refractivity contribution in [2.45, 2.75) is 33.9 Å². The zero-order valence-electron chi connectivity index (χ0n) is 9.54. The quantitative estimate of drug-likeness (QED) is 0.671. The third-order valence-electron chi connectivity index (χ3n) is 2.76. The molecule has 0 fully saturated rings. The van der Waals surface area contributed by atoms with Crippen molar-refractivity contribution >= 4 is 11.2 Å². The van der Waals surface area contributed by atoms with E-state index in [2.05, 4.69) is 17.9 Å². The highest BCUT2D eigenvalue weighted by atomic mass is 17.0. The predicted octanol–water partition coefficient (Wildman–Crippen LogP) is 3.39. The topological polar surface area (TPSA) is 29.5 Å². The summed E-state index contributed by atoms with van der Waals surface area (Å²) in [4.78, 5) is 2.38. The van der Waals surface area contributed by atoms with Crippen LogP contribution in [0.4, 0.5) is 0 Å². The van der Waals surface area contributed by atoms with Crippen LogP contribution in [0.15, 0.2) is 21.3 Å². The summed E-state index contributed by atoms with van der Waals surface area (Å²) in [5, 5.41) is 0. The van der Waals surface area contributed by atoms with Gasteiger partial charge in [-0.3, -0.25) is 14.1 Å². The van der Waals surface area contributed by atoms with Crippen LogP contribution < -0.4 is 0 Å². The van der Waals surface area contributed by atoms with Gasteiger partial charge in [0.15, 0.2) is 0 Å². The summed E-state index contributed by atoms with van der Waals surface area (Å²) in [6.45, 7) is 9.31. The lowest BCUT2D eigenvalue weighted by Gasteiger charge is -2.09. The Hall–Kier alpha value is -1.22. The Labute approximate surface area is 89.6 Å². The van der Waals surface area contributed by atoms with E-state index in [1.54, 1.807) is 0 Å². The van der Waals surface area contributed by atoms with E-state index in [-0.39, 0.29) is 0 Å². The third-order valence-corrected chi connectivity index (χ3v) is 2.76. The summed E-state index contributed by atoms with van der Waals surface area (Å²) in [6, 6.07) is 4.11. The average molecular weight is 207 g/mol. The average Bonchev–Trinajstić information content (AvgIpc) is 2.63. The van der Waals surface area contributed by atoms with Crippen molar-refractivity contribution in [2.24, 2.45) is 0 Å². The van der Waals surface area contributed by atoms with Gasteiger partial charge in [0.25, 0.3) is 0 Å². The first-order chi connectivity index (χ1) is 7.38. The van der Waals surface area contributed by atoms with Gasteiger partial charge in [0.05, 0.1) is 0 Å². The molecule has 0 aliphatic carbocycles. The minimum Gasteiger partial charge on any atom is -0.295 e. The highest BCUT2D eigenvalue weighted by Crippen LogP contribution is 2.31. The second kappa shape index (κ2) is 4.11. The molecular weight excluding hydrogens is 190 g/mol. The van der Waals surface area contributed by atoms with Gasteiger partial charge in [0.2, 0.25) is 11.2 Å². The maximum atomic E-state index is 4.99. The summed E-state index contributed by atoms with van der Waals surface area (Å²) in [5.41, 5.74) is 4.53. The molecule has 0 bridgehead atoms. The molecule has 3 rings (SSSR count). The summed E-state index contributed by atoms with van der Waals surface area (Å²) in [6.07, 6.45) is 0. The van der Waals surface area contributed by atoms with Crippen molar-refractivity contribution in [3.63, 3.8) is 0 Å². The van der Waals surface area contributed by atoms with E-state index >= 15 is 0 Å². The van der Waals surface area contributed by atoms with Gasteiger partial charge < -0.3 is 0 Å². The summed E-state index contributed by atoms with van der Waals surface area (Å²) in [5.74, 6) is 0. The van der Waals surface area contributed by atoms with Crippen LogP contribution in [0.2, 0.25) is 0 Å². The lowest BCUT2D eigenvalue weighted by Crippen LogP contribution is -2.14. The fourth-order valence-electron chi connectivity index (χ4n) is 1.92. The first-order valence-electron chi connectivity index (χ1n) is 5.60. The molecule has 0 atom stereocenters. The van der Waals surface area contributed by atoms with Gasteiger partial charge >= 0.3 is 0 Å². The molecule has 3 heteroatoms. The Morgan fingerprint density at radius 2 is 2.00 bits per heavy atom. The molecular formula is C12H17NO2. The molecule has 0 amide bonds. The Morgan fingerprint density at radius 1 is 1.20 bits per heavy atom. The molecule has 0 saturated carbocycles. The zero-order valence-corrected chi connectivity index (χ0v) is 9.54. The lowest BCUT2D eigenvalue weighted by molar-refractivity contribution is 0.0578. The van der Waals surface area contributed by atoms with Crippen LogP contribution in [-0.4, -0.2) is 11.4 Å². The fraction of sp³-hybridized carbons (Fsp3) is 0.500. The highest BCUT2D eigenvalue weighted by molar-refractivity contribution is 5.76. The van der Waals surface area contributed by atoms with E-state index in [1.165, 1.54) is 11.1 Å². The normalized spacial score (nSPS) is 15.1. The van der Waals surface area contributed by atoms with Crippen molar-refractivity contribution in [1.29, 1.82) is 0 Å². The minimum absolute atomic E-state index is 0.886. The van der Waals surface area contributed by atoms with Gasteiger partial charge in [-0.2, -0.15) is 0 Å². The minimum atomic E-state index is 0.886. The van der Waals surface area contributed by atoms with E-state index in [0.29, 0.717) is 0 Å². The molecule has 0 saturated heterocycles. The monoisotopic (exact) mass is 207 g/mol. The van der Waals surface area contributed by atoms with Crippen LogP contribution in [0.25, 0.3) is 11.2 Å². The molecule has 3 nitrogen and oxygen atoms in total. The molecule has 0 unspecified atom stereocenters. The van der Waals surface area contributed by atoms with Gasteiger partial charge in [-0.15, -0.1) is 0 Å². The Kier molecular flexibility index (Phi) is 2.82. The van der Waals surface area contributed by atoms with Gasteiger partial charge in [-0.25, -0.2) is 0 Å². The number of hydrogen-bond donors (Lipinski definition) is 0. The van der Waals surface area contributed by atoms with E-state index in [1.807, 2.05) is 19.9 Å². The predicted molar refractivity (Wildman–Crippen MR) is 59.6 cm³/mol. The van der Waals surface area contributed by atoms with E-state index in [0.717, 1.165) is 30.8 Å². The number of benzene rings is 1. The standard InChI is InChI=1S/C10H11NO2.C2H6/c1-2-11-5-7-3-4-9-10(13-12-9)8(7)6-11;1-2/h3-4H,2,5-6H2,1H3;1-2H3. The molecule has 1 aliphatic rings. The second-order valence-electron chi connectivity index (χ2n) is 3.50. The van der Waals surface area contributed by atoms with Crippen LogP contribution in [-0.2, 0) is 13.1 Å². The molecule has 1 aliphatic heterocycles. The maximum Gasteiger partial charge on any atom is 0.230 e. The van der Waals surface area contributed by atoms with Crippen LogP contribution in [0.5, 0.6) is 0 Å². The number of fused-ring (bicyclic) bond motifs is 3. The van der Waals surface area contributed by atoms with E-state index in [4.69, 9.17) is 9.15 Å². The first-order valence-corrected chi connectivity index (χ1v) is 5.60. The van der Waals surface area contributed by atoms with E-state index in [9.17, 15) is 0 Å². The second-order valence-corrected chi connectivity index (χ2v) is 3.50. The van der Waals surface area contributed by atoms with Crippen LogP contribution in [0, 0.1) is 0 Å². The number of rotatable bonds is 1. The van der Waals surface area contributed by atoms with Crippen LogP contribution >= 0.6 is 0 Å². The largest absolute Gasteiger partial charge is 0.295 e. The van der Waals surface area contributed by atoms with Crippen molar-refractivity contribution in [1.82, 2.24) is 4.90 Å². The van der Waals surface area contributed by atoms with Gasteiger partial charge in [-0.05, 0) is 18.2 Å². The first kappa shape index (κ1) is 10.3. The van der Waals surface area contributed by atoms with Crippen molar-refractivity contribution in [3.05, 3.63) is 23.3 Å². The van der Waals surface area contributed by atoms with Gasteiger partial charge in [-0.1, -0.05) is 26.8 Å². The summed E-state index contributed by atoms with van der Waals surface area (Å²) >= 11 is 0. The van der Waals surface area contributed by atoms with Crippen molar-refractivity contribution < 1.29 is 9.15 Å². The number of hydrogen-bond acceptors (Lipinski definition) is 3. The third kappa shape index (κ3) is 1.57. The fourth-order valence-corrected chi connectivity index (χ4v) is 1.92. The Balaban J connectivity index is 0.000000404. The Bertz CT molecular complexity index is 441. The van der Waals surface area contributed by atoms with Crippen molar-refractivity contribution in [3.8, 4) is 0 Å². The molecule has 2 heterocycles. The molecule has 15 heavy (non-hydrogen) atoms. The maximum absolute atomic E-state index is 4.99. The summed E-state index contributed by atoms with van der Waals surface area (Å²) in [7, 11) is 0. The molecule has 0 radical (unpaired) electrons. The van der Waals surface area contributed by atoms with Crippen LogP contribution in [0.3, 0.4) is 0 Å². The molecule has 0 spiro atoms. The molecule has 1 aromatic carbocycles. The molecule has 2 aromatic rings. The van der Waals surface area contributed by atoms with Crippen molar-refractivity contribution in [2.75, 3.05) is 6.54 Å². The van der Waals surface area contributed by atoms with Gasteiger partial charge in [0.1, 0.15) is 0 Å². The Morgan fingerprint density at radius 3 is 2.60 bits per heavy atom. The zero-order chi connectivity index (χ0) is 10.8. The smallest absolute Gasteiger partial charge is 0.230 e. The highest BCUT2D eigenvalue weighted by Gasteiger charge is 2.23.